The Morgan fingerprint density at radius 2 is 1.86 bits per heavy atom. The zero-order valence-corrected chi connectivity index (χ0v) is 11.4. The number of halogens is 1. The molecule has 2 rings (SSSR count). The fraction of sp³-hybridized carbons (Fsp3) is 0. The number of amides is 1. The molecule has 0 aliphatic rings. The third-order valence-corrected chi connectivity index (χ3v) is 2.89. The summed E-state index contributed by atoms with van der Waals surface area (Å²) in [5, 5.41) is 21.2. The number of aromatic carboxylic acids is 1. The van der Waals surface area contributed by atoms with Gasteiger partial charge in [0.15, 0.2) is 0 Å². The second-order valence-corrected chi connectivity index (χ2v) is 4.70. The number of rotatable bonds is 3. The number of phenols is 1. The number of carbonyl (C=O) groups excluding carboxylic acids is 1. The molecule has 21 heavy (non-hydrogen) atoms. The van der Waals surface area contributed by atoms with Gasteiger partial charge in [-0.15, -0.1) is 0 Å². The highest BCUT2D eigenvalue weighted by molar-refractivity contribution is 6.31. The van der Waals surface area contributed by atoms with Crippen LogP contribution in [0.3, 0.4) is 0 Å². The van der Waals surface area contributed by atoms with Crippen LogP contribution in [0.1, 0.15) is 20.7 Å². The van der Waals surface area contributed by atoms with Gasteiger partial charge in [-0.1, -0.05) is 11.6 Å². The van der Waals surface area contributed by atoms with E-state index in [9.17, 15) is 14.7 Å². The zero-order chi connectivity index (χ0) is 15.6. The number of carboxylic acids is 1. The van der Waals surface area contributed by atoms with Crippen molar-refractivity contribution in [3.05, 3.63) is 52.5 Å². The molecule has 6 nitrogen and oxygen atoms in total. The number of nitrogens with two attached hydrogens (primary N) is 1. The summed E-state index contributed by atoms with van der Waals surface area (Å²) in [5.41, 5.74) is 6.20. The van der Waals surface area contributed by atoms with E-state index in [1.54, 1.807) is 0 Å². The molecule has 0 aromatic heterocycles. The Labute approximate surface area is 124 Å². The van der Waals surface area contributed by atoms with E-state index in [0.717, 1.165) is 6.07 Å². The Morgan fingerprint density at radius 1 is 1.14 bits per heavy atom. The molecule has 1 amide bonds. The molecular formula is C14H11ClN2O4. The average Bonchev–Trinajstić information content (AvgIpc) is 2.37. The van der Waals surface area contributed by atoms with Gasteiger partial charge in [0.25, 0.3) is 5.91 Å². The SMILES string of the molecule is Nc1cc(Cl)cc(C(=O)Nc2ccc(C(=O)O)c(O)c2)c1. The minimum atomic E-state index is -1.26. The van der Waals surface area contributed by atoms with Gasteiger partial charge in [-0.05, 0) is 30.3 Å². The highest BCUT2D eigenvalue weighted by Gasteiger charge is 2.12. The van der Waals surface area contributed by atoms with Crippen molar-refractivity contribution in [1.82, 2.24) is 0 Å². The van der Waals surface area contributed by atoms with Crippen LogP contribution >= 0.6 is 11.6 Å². The summed E-state index contributed by atoms with van der Waals surface area (Å²) in [4.78, 5) is 22.8. The van der Waals surface area contributed by atoms with Gasteiger partial charge < -0.3 is 21.3 Å². The summed E-state index contributed by atoms with van der Waals surface area (Å²) in [6.07, 6.45) is 0. The standard InChI is InChI=1S/C14H11ClN2O4/c15-8-3-7(4-9(16)5-8)13(19)17-10-1-2-11(14(20)21)12(18)6-10/h1-6,18H,16H2,(H,17,19)(H,20,21). The van der Waals surface area contributed by atoms with Crippen LogP contribution in [0.15, 0.2) is 36.4 Å². The molecule has 2 aromatic carbocycles. The van der Waals surface area contributed by atoms with E-state index in [1.807, 2.05) is 0 Å². The summed E-state index contributed by atoms with van der Waals surface area (Å²) in [7, 11) is 0. The molecule has 7 heteroatoms. The highest BCUT2D eigenvalue weighted by Crippen LogP contribution is 2.23. The Morgan fingerprint density at radius 3 is 2.43 bits per heavy atom. The summed E-state index contributed by atoms with van der Waals surface area (Å²) in [5.74, 6) is -2.18. The highest BCUT2D eigenvalue weighted by atomic mass is 35.5. The molecule has 0 heterocycles. The lowest BCUT2D eigenvalue weighted by molar-refractivity contribution is 0.0693. The maximum absolute atomic E-state index is 12.0. The summed E-state index contributed by atoms with van der Waals surface area (Å²) < 4.78 is 0. The molecule has 0 saturated carbocycles. The second-order valence-electron chi connectivity index (χ2n) is 4.26. The molecule has 0 unspecified atom stereocenters. The van der Waals surface area contributed by atoms with Crippen molar-refractivity contribution in [2.24, 2.45) is 0 Å². The van der Waals surface area contributed by atoms with Gasteiger partial charge in [-0.25, -0.2) is 4.79 Å². The number of nitrogen functional groups attached to an aromatic ring is 1. The van der Waals surface area contributed by atoms with Gasteiger partial charge in [-0.2, -0.15) is 0 Å². The number of anilines is 2. The van der Waals surface area contributed by atoms with E-state index < -0.39 is 17.6 Å². The van der Waals surface area contributed by atoms with Crippen molar-refractivity contribution in [1.29, 1.82) is 0 Å². The van der Waals surface area contributed by atoms with Crippen LogP contribution in [0.25, 0.3) is 0 Å². The largest absolute Gasteiger partial charge is 0.507 e. The summed E-state index contributed by atoms with van der Waals surface area (Å²) in [6.45, 7) is 0. The van der Waals surface area contributed by atoms with Crippen molar-refractivity contribution < 1.29 is 19.8 Å². The maximum Gasteiger partial charge on any atom is 0.339 e. The van der Waals surface area contributed by atoms with Crippen molar-refractivity contribution in [3.63, 3.8) is 0 Å². The topological polar surface area (TPSA) is 113 Å². The molecule has 5 N–H and O–H groups in total. The molecule has 108 valence electrons. The lowest BCUT2D eigenvalue weighted by Gasteiger charge is -2.08. The number of aromatic hydroxyl groups is 1. The minimum Gasteiger partial charge on any atom is -0.507 e. The molecule has 0 fully saturated rings. The number of benzene rings is 2. The first-order valence-electron chi connectivity index (χ1n) is 5.80. The second kappa shape index (κ2) is 5.72. The maximum atomic E-state index is 12.0. The van der Waals surface area contributed by atoms with Crippen molar-refractivity contribution in [3.8, 4) is 5.75 Å². The number of carboxylic acid groups (broad SMARTS) is 1. The number of hydrogen-bond acceptors (Lipinski definition) is 4. The normalized spacial score (nSPS) is 10.1. The van der Waals surface area contributed by atoms with Gasteiger partial charge in [0.2, 0.25) is 0 Å². The minimum absolute atomic E-state index is 0.250. The lowest BCUT2D eigenvalue weighted by Crippen LogP contribution is -2.12. The fourth-order valence-electron chi connectivity index (χ4n) is 1.74. The predicted octanol–water partition coefficient (Wildman–Crippen LogP) is 2.58. The quantitative estimate of drug-likeness (QED) is 0.651. The first kappa shape index (κ1) is 14.7. The molecule has 0 spiro atoms. The van der Waals surface area contributed by atoms with E-state index in [1.165, 1.54) is 30.3 Å². The van der Waals surface area contributed by atoms with E-state index in [4.69, 9.17) is 22.4 Å². The van der Waals surface area contributed by atoms with Crippen LogP contribution in [-0.2, 0) is 0 Å². The van der Waals surface area contributed by atoms with E-state index in [2.05, 4.69) is 5.32 Å². The Hall–Kier alpha value is -2.73. The van der Waals surface area contributed by atoms with Crippen LogP contribution in [0.5, 0.6) is 5.75 Å². The monoisotopic (exact) mass is 306 g/mol. The van der Waals surface area contributed by atoms with Crippen LogP contribution in [0, 0.1) is 0 Å². The smallest absolute Gasteiger partial charge is 0.339 e. The predicted molar refractivity (Wildman–Crippen MR) is 78.9 cm³/mol. The Kier molecular flexibility index (Phi) is 4.00. The van der Waals surface area contributed by atoms with E-state index in [0.29, 0.717) is 10.7 Å². The van der Waals surface area contributed by atoms with Gasteiger partial charge in [0.1, 0.15) is 11.3 Å². The molecule has 0 atom stereocenters. The molecule has 0 saturated heterocycles. The summed E-state index contributed by atoms with van der Waals surface area (Å²) >= 11 is 5.81. The molecule has 0 aliphatic heterocycles. The number of hydrogen-bond donors (Lipinski definition) is 4. The first-order valence-corrected chi connectivity index (χ1v) is 6.18. The summed E-state index contributed by atoms with van der Waals surface area (Å²) in [6, 6.07) is 8.11. The third kappa shape index (κ3) is 3.43. The van der Waals surface area contributed by atoms with Crippen LogP contribution < -0.4 is 11.1 Å². The van der Waals surface area contributed by atoms with Gasteiger partial charge >= 0.3 is 5.97 Å². The van der Waals surface area contributed by atoms with Gasteiger partial charge in [0.05, 0.1) is 0 Å². The first-order chi connectivity index (χ1) is 9.86. The Balaban J connectivity index is 2.23. The zero-order valence-electron chi connectivity index (χ0n) is 10.6. The molecule has 0 aliphatic carbocycles. The van der Waals surface area contributed by atoms with Crippen LogP contribution in [-0.4, -0.2) is 22.1 Å². The van der Waals surface area contributed by atoms with Crippen molar-refractivity contribution in [2.45, 2.75) is 0 Å². The molecule has 2 aromatic rings. The van der Waals surface area contributed by atoms with E-state index >= 15 is 0 Å². The van der Waals surface area contributed by atoms with Crippen molar-refractivity contribution in [2.75, 3.05) is 11.1 Å². The van der Waals surface area contributed by atoms with Crippen molar-refractivity contribution >= 4 is 34.9 Å². The third-order valence-electron chi connectivity index (χ3n) is 2.67. The van der Waals surface area contributed by atoms with E-state index in [-0.39, 0.29) is 16.8 Å². The molecular weight excluding hydrogens is 296 g/mol. The van der Waals surface area contributed by atoms with Gasteiger partial charge in [-0.3, -0.25) is 4.79 Å². The average molecular weight is 307 g/mol. The Bertz CT molecular complexity index is 711. The number of carbonyl (C=O) groups is 2. The molecule has 0 bridgehead atoms. The molecule has 0 radical (unpaired) electrons. The lowest BCUT2D eigenvalue weighted by atomic mass is 10.1. The number of nitrogens with one attached hydrogen (secondary N) is 1. The van der Waals surface area contributed by atoms with Crippen LogP contribution in [0.2, 0.25) is 5.02 Å². The fourth-order valence-corrected chi connectivity index (χ4v) is 1.98. The van der Waals surface area contributed by atoms with Crippen LogP contribution in [0.4, 0.5) is 11.4 Å². The van der Waals surface area contributed by atoms with Gasteiger partial charge in [0, 0.05) is 28.0 Å².